The van der Waals surface area contributed by atoms with E-state index >= 15 is 0 Å². The van der Waals surface area contributed by atoms with Gasteiger partial charge in [-0.3, -0.25) is 20.4 Å². The zero-order valence-electron chi connectivity index (χ0n) is 13.6. The fraction of sp³-hybridized carbons (Fsp3) is 0.222. The minimum atomic E-state index is -0.354. The lowest BCUT2D eigenvalue weighted by molar-refractivity contribution is 0.0846. The largest absolute Gasteiger partial charge is 0.378 e. The third-order valence-electron chi connectivity index (χ3n) is 3.54. The summed E-state index contributed by atoms with van der Waals surface area (Å²) in [5, 5.41) is 0. The molecule has 2 aromatic rings. The van der Waals surface area contributed by atoms with Gasteiger partial charge in [-0.25, -0.2) is 0 Å². The van der Waals surface area contributed by atoms with Crippen molar-refractivity contribution in [1.29, 1.82) is 0 Å². The summed E-state index contributed by atoms with van der Waals surface area (Å²) in [6, 6.07) is 14.5. The van der Waals surface area contributed by atoms with Crippen molar-refractivity contribution in [3.05, 3.63) is 65.2 Å². The van der Waals surface area contributed by atoms with E-state index in [0.29, 0.717) is 11.1 Å². The molecule has 2 rings (SSSR count). The van der Waals surface area contributed by atoms with E-state index in [1.807, 2.05) is 37.2 Å². The maximum absolute atomic E-state index is 12.1. The molecule has 0 atom stereocenters. The van der Waals surface area contributed by atoms with Gasteiger partial charge < -0.3 is 4.90 Å². The number of hydrogen-bond acceptors (Lipinski definition) is 3. The lowest BCUT2D eigenvalue weighted by Gasteiger charge is -2.13. The van der Waals surface area contributed by atoms with E-state index < -0.39 is 0 Å². The van der Waals surface area contributed by atoms with Gasteiger partial charge >= 0.3 is 0 Å². The molecule has 120 valence electrons. The second-order valence-corrected chi connectivity index (χ2v) is 5.40. The summed E-state index contributed by atoms with van der Waals surface area (Å²) in [5.41, 5.74) is 7.93. The topological polar surface area (TPSA) is 61.4 Å². The molecular formula is C18H21N3O2. The molecule has 0 saturated carbocycles. The minimum Gasteiger partial charge on any atom is -0.378 e. The molecular weight excluding hydrogens is 290 g/mol. The molecule has 0 fully saturated rings. The highest BCUT2D eigenvalue weighted by atomic mass is 16.2. The molecule has 0 aliphatic heterocycles. The van der Waals surface area contributed by atoms with Gasteiger partial charge in [0.25, 0.3) is 11.8 Å². The van der Waals surface area contributed by atoms with Crippen LogP contribution in [0, 0.1) is 0 Å². The van der Waals surface area contributed by atoms with Crippen LogP contribution < -0.4 is 15.8 Å². The van der Waals surface area contributed by atoms with Crippen molar-refractivity contribution < 1.29 is 9.59 Å². The van der Waals surface area contributed by atoms with Crippen molar-refractivity contribution in [2.45, 2.75) is 13.3 Å². The number of nitrogens with zero attached hydrogens (tertiary/aromatic N) is 1. The molecule has 0 heterocycles. The molecule has 2 aromatic carbocycles. The Labute approximate surface area is 136 Å². The number of aryl methyl sites for hydroxylation is 1. The van der Waals surface area contributed by atoms with Crippen LogP contribution in [0.1, 0.15) is 33.2 Å². The summed E-state index contributed by atoms with van der Waals surface area (Å²) in [6.45, 7) is 2.05. The highest BCUT2D eigenvalue weighted by Gasteiger charge is 2.10. The Hall–Kier alpha value is -2.82. The molecule has 2 N–H and O–H groups in total. The van der Waals surface area contributed by atoms with Crippen molar-refractivity contribution in [1.82, 2.24) is 10.9 Å². The summed E-state index contributed by atoms with van der Waals surface area (Å²) in [7, 11) is 3.80. The quantitative estimate of drug-likeness (QED) is 0.852. The fourth-order valence-corrected chi connectivity index (χ4v) is 2.08. The molecule has 0 aromatic heterocycles. The van der Waals surface area contributed by atoms with Gasteiger partial charge in [0, 0.05) is 30.9 Å². The molecule has 0 aliphatic rings. The molecule has 0 spiro atoms. The van der Waals surface area contributed by atoms with E-state index in [2.05, 4.69) is 17.8 Å². The predicted molar refractivity (Wildman–Crippen MR) is 91.5 cm³/mol. The van der Waals surface area contributed by atoms with Crippen LogP contribution in [0.4, 0.5) is 5.69 Å². The van der Waals surface area contributed by atoms with Crippen LogP contribution in [0.25, 0.3) is 0 Å². The van der Waals surface area contributed by atoms with Crippen molar-refractivity contribution in [2.75, 3.05) is 19.0 Å². The van der Waals surface area contributed by atoms with E-state index in [1.165, 1.54) is 0 Å². The Kier molecular flexibility index (Phi) is 5.36. The number of carbonyl (C=O) groups excluding carboxylic acids is 2. The predicted octanol–water partition coefficient (Wildman–Crippen LogP) is 2.39. The van der Waals surface area contributed by atoms with E-state index in [-0.39, 0.29) is 11.8 Å². The van der Waals surface area contributed by atoms with Crippen molar-refractivity contribution in [3.63, 3.8) is 0 Å². The van der Waals surface area contributed by atoms with Gasteiger partial charge in [0.1, 0.15) is 0 Å². The van der Waals surface area contributed by atoms with E-state index in [0.717, 1.165) is 17.7 Å². The first-order chi connectivity index (χ1) is 11.0. The summed E-state index contributed by atoms with van der Waals surface area (Å²) in [6.07, 6.45) is 0.918. The number of hydrazine groups is 1. The number of hydrogen-bond donors (Lipinski definition) is 2. The Morgan fingerprint density at radius 2 is 1.52 bits per heavy atom. The first kappa shape index (κ1) is 16.5. The highest BCUT2D eigenvalue weighted by molar-refractivity contribution is 5.99. The van der Waals surface area contributed by atoms with Crippen molar-refractivity contribution >= 4 is 17.5 Å². The molecule has 5 nitrogen and oxygen atoms in total. The number of amides is 2. The van der Waals surface area contributed by atoms with Crippen LogP contribution in [0.15, 0.2) is 48.5 Å². The van der Waals surface area contributed by atoms with Crippen molar-refractivity contribution in [3.8, 4) is 0 Å². The van der Waals surface area contributed by atoms with Gasteiger partial charge in [-0.2, -0.15) is 0 Å². The standard InChI is InChI=1S/C18H21N3O2/c1-4-13-8-10-14(11-9-13)17(22)19-20-18(23)15-6-5-7-16(12-15)21(2)3/h5-12H,4H2,1-3H3,(H,19,22)(H,20,23). The number of carbonyl (C=O) groups is 2. The summed E-state index contributed by atoms with van der Waals surface area (Å²) in [4.78, 5) is 26.0. The minimum absolute atomic E-state index is 0.343. The molecule has 0 unspecified atom stereocenters. The third kappa shape index (κ3) is 4.32. The highest BCUT2D eigenvalue weighted by Crippen LogP contribution is 2.13. The average molecular weight is 311 g/mol. The van der Waals surface area contributed by atoms with Gasteiger partial charge in [-0.05, 0) is 42.3 Å². The fourth-order valence-electron chi connectivity index (χ4n) is 2.08. The zero-order chi connectivity index (χ0) is 16.8. The van der Waals surface area contributed by atoms with Crippen LogP contribution >= 0.6 is 0 Å². The lowest BCUT2D eigenvalue weighted by Crippen LogP contribution is -2.41. The second kappa shape index (κ2) is 7.45. The van der Waals surface area contributed by atoms with Gasteiger partial charge in [0.15, 0.2) is 0 Å². The lowest BCUT2D eigenvalue weighted by atomic mass is 10.1. The van der Waals surface area contributed by atoms with Crippen LogP contribution in [0.2, 0.25) is 0 Å². The van der Waals surface area contributed by atoms with Crippen LogP contribution in [-0.4, -0.2) is 25.9 Å². The number of nitrogens with one attached hydrogen (secondary N) is 2. The Balaban J connectivity index is 1.98. The summed E-state index contributed by atoms with van der Waals surface area (Å²) >= 11 is 0. The second-order valence-electron chi connectivity index (χ2n) is 5.40. The summed E-state index contributed by atoms with van der Waals surface area (Å²) < 4.78 is 0. The zero-order valence-corrected chi connectivity index (χ0v) is 13.6. The summed E-state index contributed by atoms with van der Waals surface area (Å²) in [5.74, 6) is -0.697. The van der Waals surface area contributed by atoms with Crippen LogP contribution in [0.5, 0.6) is 0 Å². The molecule has 23 heavy (non-hydrogen) atoms. The number of anilines is 1. The monoisotopic (exact) mass is 311 g/mol. The molecule has 0 aliphatic carbocycles. The Bertz CT molecular complexity index is 694. The molecule has 0 radical (unpaired) electrons. The maximum Gasteiger partial charge on any atom is 0.269 e. The van der Waals surface area contributed by atoms with E-state index in [9.17, 15) is 9.59 Å². The molecule has 2 amide bonds. The van der Waals surface area contributed by atoms with Gasteiger partial charge in [-0.1, -0.05) is 25.1 Å². The average Bonchev–Trinajstić information content (AvgIpc) is 2.59. The maximum atomic E-state index is 12.1. The molecule has 0 bridgehead atoms. The SMILES string of the molecule is CCc1ccc(C(=O)NNC(=O)c2cccc(N(C)C)c2)cc1. The van der Waals surface area contributed by atoms with Gasteiger partial charge in [0.05, 0.1) is 0 Å². The normalized spacial score (nSPS) is 10.0. The smallest absolute Gasteiger partial charge is 0.269 e. The third-order valence-corrected chi connectivity index (χ3v) is 3.54. The Morgan fingerprint density at radius 3 is 2.09 bits per heavy atom. The molecule has 5 heteroatoms. The first-order valence-corrected chi connectivity index (χ1v) is 7.48. The first-order valence-electron chi connectivity index (χ1n) is 7.48. The van der Waals surface area contributed by atoms with Gasteiger partial charge in [0.2, 0.25) is 0 Å². The van der Waals surface area contributed by atoms with E-state index in [4.69, 9.17) is 0 Å². The number of benzene rings is 2. The molecule has 0 saturated heterocycles. The number of rotatable bonds is 4. The van der Waals surface area contributed by atoms with Crippen molar-refractivity contribution in [2.24, 2.45) is 0 Å². The van der Waals surface area contributed by atoms with Gasteiger partial charge in [-0.15, -0.1) is 0 Å². The van der Waals surface area contributed by atoms with E-state index in [1.54, 1.807) is 30.3 Å². The van der Waals surface area contributed by atoms with Crippen LogP contribution in [-0.2, 0) is 6.42 Å². The Morgan fingerprint density at radius 1 is 0.913 bits per heavy atom. The van der Waals surface area contributed by atoms with Crippen LogP contribution in [0.3, 0.4) is 0 Å².